The molecule has 2 aliphatic heterocycles. The normalized spacial score (nSPS) is 20.2. The molecule has 5 rings (SSSR count). The zero-order valence-electron chi connectivity index (χ0n) is 22.1. The minimum absolute atomic E-state index is 0.0616. The van der Waals surface area contributed by atoms with Crippen LogP contribution >= 0.6 is 23.5 Å². The van der Waals surface area contributed by atoms with E-state index in [0.29, 0.717) is 27.9 Å². The Labute approximate surface area is 236 Å². The Kier molecular flexibility index (Phi) is 7.86. The van der Waals surface area contributed by atoms with Crippen molar-refractivity contribution in [2.75, 3.05) is 18.9 Å². The second-order valence-electron chi connectivity index (χ2n) is 9.58. The number of carboxylic acids is 1. The molecule has 1 aliphatic carbocycles. The molecule has 39 heavy (non-hydrogen) atoms. The van der Waals surface area contributed by atoms with Crippen LogP contribution in [0.5, 0.6) is 0 Å². The maximum absolute atomic E-state index is 14.0. The number of carbonyl (C=O) groups is 3. The molecule has 2 N–H and O–H groups in total. The highest BCUT2D eigenvalue weighted by Crippen LogP contribution is 2.51. The third-order valence-corrected chi connectivity index (χ3v) is 9.46. The van der Waals surface area contributed by atoms with Gasteiger partial charge in [0.05, 0.1) is 28.5 Å². The van der Waals surface area contributed by atoms with E-state index in [1.807, 2.05) is 20.0 Å². The number of hydrogen-bond acceptors (Lipinski definition) is 8. The number of rotatable bonds is 7. The lowest BCUT2D eigenvalue weighted by Gasteiger charge is -2.20. The molecule has 0 radical (unpaired) electrons. The predicted molar refractivity (Wildman–Crippen MR) is 157 cm³/mol. The fourth-order valence-corrected chi connectivity index (χ4v) is 7.33. The van der Waals surface area contributed by atoms with Crippen LogP contribution < -0.4 is 5.32 Å². The van der Waals surface area contributed by atoms with Gasteiger partial charge in [-0.15, -0.1) is 0 Å². The number of ketones is 1. The molecule has 2 aromatic carbocycles. The Morgan fingerprint density at radius 2 is 1.77 bits per heavy atom. The largest absolute Gasteiger partial charge is 0.478 e. The fourth-order valence-electron chi connectivity index (χ4n) is 4.81. The summed E-state index contributed by atoms with van der Waals surface area (Å²) >= 11 is 3.03. The molecular weight excluding hydrogens is 532 g/mol. The predicted octanol–water partition coefficient (Wildman–Crippen LogP) is 6.42. The van der Waals surface area contributed by atoms with Crippen LogP contribution in [0.4, 0.5) is 11.4 Å². The number of amides is 1. The highest BCUT2D eigenvalue weighted by molar-refractivity contribution is 8.19. The van der Waals surface area contributed by atoms with Gasteiger partial charge in [0.1, 0.15) is 4.91 Å². The quantitative estimate of drug-likeness (QED) is 0.295. The molecule has 0 saturated carbocycles. The number of anilines is 1. The number of Topliss-reactive ketones (excluding diaryl/α,β-unsaturated/α-hetero) is 1. The Balaban J connectivity index is 1.56. The topological polar surface area (TPSA) is 102 Å². The van der Waals surface area contributed by atoms with Crippen LogP contribution in [-0.4, -0.2) is 51.3 Å². The Bertz CT molecular complexity index is 1450. The van der Waals surface area contributed by atoms with Gasteiger partial charge in [-0.25, -0.2) is 9.79 Å². The van der Waals surface area contributed by atoms with Gasteiger partial charge < -0.3 is 15.3 Å². The summed E-state index contributed by atoms with van der Waals surface area (Å²) < 4.78 is 0. The summed E-state index contributed by atoms with van der Waals surface area (Å²) in [7, 11) is 2.03. The van der Waals surface area contributed by atoms with Gasteiger partial charge in [-0.05, 0) is 87.2 Å². The summed E-state index contributed by atoms with van der Waals surface area (Å²) in [4.78, 5) is 48.1. The van der Waals surface area contributed by atoms with Crippen molar-refractivity contribution in [3.05, 3.63) is 79.7 Å². The van der Waals surface area contributed by atoms with Crippen molar-refractivity contribution in [1.82, 2.24) is 9.80 Å². The van der Waals surface area contributed by atoms with Crippen LogP contribution in [0.3, 0.4) is 0 Å². The SMILES string of the molecule is CCNc1ccc(C(C)=O)cc1N=C1S/C(=C2\SC3=C(CCCC3)N2C)C(=O)N1Cc1ccc(C(=O)O)cc1. The molecule has 0 unspecified atom stereocenters. The lowest BCUT2D eigenvalue weighted by atomic mass is 10.0. The van der Waals surface area contributed by atoms with E-state index in [1.54, 1.807) is 53.1 Å². The van der Waals surface area contributed by atoms with E-state index in [9.17, 15) is 19.5 Å². The molecule has 0 spiro atoms. The van der Waals surface area contributed by atoms with Crippen LogP contribution in [0.15, 0.2) is 68.0 Å². The smallest absolute Gasteiger partial charge is 0.335 e. The number of nitrogens with zero attached hydrogens (tertiary/aromatic N) is 3. The van der Waals surface area contributed by atoms with Gasteiger partial charge in [-0.1, -0.05) is 23.9 Å². The Morgan fingerprint density at radius 3 is 2.44 bits per heavy atom. The van der Waals surface area contributed by atoms with Crippen molar-refractivity contribution in [3.8, 4) is 0 Å². The Hall–Kier alpha value is -3.50. The van der Waals surface area contributed by atoms with Crippen molar-refractivity contribution in [3.63, 3.8) is 0 Å². The molecule has 1 saturated heterocycles. The summed E-state index contributed by atoms with van der Waals surface area (Å²) in [6, 6.07) is 11.9. The summed E-state index contributed by atoms with van der Waals surface area (Å²) in [6.07, 6.45) is 4.36. The average molecular weight is 563 g/mol. The van der Waals surface area contributed by atoms with Crippen molar-refractivity contribution in [2.45, 2.75) is 46.1 Å². The monoisotopic (exact) mass is 562 g/mol. The van der Waals surface area contributed by atoms with Gasteiger partial charge in [-0.2, -0.15) is 0 Å². The maximum atomic E-state index is 14.0. The standard InChI is InChI=1S/C29H30N4O4S2/c1-4-30-21-14-13-20(17(2)34)15-22(21)31-29-33(16-18-9-11-19(12-10-18)28(36)37)26(35)25(39-29)27-32(3)23-7-5-6-8-24(23)38-27/h9-15,30H,4-8,16H2,1-3H3,(H,36,37)/b27-25-,31-29?. The number of carboxylic acid groups (broad SMARTS) is 1. The zero-order valence-corrected chi connectivity index (χ0v) is 23.7. The number of benzene rings is 2. The second kappa shape index (κ2) is 11.3. The molecule has 1 fully saturated rings. The van der Waals surface area contributed by atoms with Crippen LogP contribution in [-0.2, 0) is 11.3 Å². The lowest BCUT2D eigenvalue weighted by Crippen LogP contribution is -2.29. The average Bonchev–Trinajstić information content (AvgIpc) is 3.41. The summed E-state index contributed by atoms with van der Waals surface area (Å²) in [5.74, 6) is -1.20. The highest BCUT2D eigenvalue weighted by Gasteiger charge is 2.40. The number of nitrogens with one attached hydrogen (secondary N) is 1. The molecule has 0 bridgehead atoms. The summed E-state index contributed by atoms with van der Waals surface area (Å²) in [5, 5.41) is 14.0. The van der Waals surface area contributed by atoms with Gasteiger partial charge in [0.2, 0.25) is 0 Å². The third-order valence-electron chi connectivity index (χ3n) is 6.91. The molecule has 8 nitrogen and oxygen atoms in total. The maximum Gasteiger partial charge on any atom is 0.335 e. The minimum atomic E-state index is -0.998. The second-order valence-corrected chi connectivity index (χ2v) is 11.6. The first-order valence-electron chi connectivity index (χ1n) is 12.9. The molecule has 10 heteroatoms. The van der Waals surface area contributed by atoms with E-state index in [0.717, 1.165) is 42.0 Å². The summed E-state index contributed by atoms with van der Waals surface area (Å²) in [5.41, 5.74) is 4.19. The first-order chi connectivity index (χ1) is 18.8. The number of hydrogen-bond donors (Lipinski definition) is 2. The van der Waals surface area contributed by atoms with E-state index in [4.69, 9.17) is 4.99 Å². The molecule has 2 heterocycles. The van der Waals surface area contributed by atoms with Crippen molar-refractivity contribution in [1.29, 1.82) is 0 Å². The van der Waals surface area contributed by atoms with Crippen LogP contribution in [0.1, 0.15) is 65.8 Å². The molecule has 3 aliphatic rings. The van der Waals surface area contributed by atoms with Crippen molar-refractivity contribution < 1.29 is 19.5 Å². The highest BCUT2D eigenvalue weighted by atomic mass is 32.2. The van der Waals surface area contributed by atoms with Gasteiger partial charge >= 0.3 is 5.97 Å². The van der Waals surface area contributed by atoms with Gasteiger partial charge in [0, 0.05) is 29.8 Å². The van der Waals surface area contributed by atoms with Crippen molar-refractivity contribution >= 4 is 57.7 Å². The van der Waals surface area contributed by atoms with Gasteiger partial charge in [-0.3, -0.25) is 14.5 Å². The number of carbonyl (C=O) groups excluding carboxylic acids is 2. The van der Waals surface area contributed by atoms with E-state index >= 15 is 0 Å². The molecule has 202 valence electrons. The number of thioether (sulfide) groups is 2. The molecular formula is C29H30N4O4S2. The van der Waals surface area contributed by atoms with Crippen LogP contribution in [0.25, 0.3) is 0 Å². The molecule has 0 aromatic heterocycles. The summed E-state index contributed by atoms with van der Waals surface area (Å²) in [6.45, 7) is 4.43. The van der Waals surface area contributed by atoms with E-state index in [2.05, 4.69) is 10.2 Å². The zero-order chi connectivity index (χ0) is 27.7. The number of allylic oxidation sites excluding steroid dienone is 2. The first kappa shape index (κ1) is 27.1. The lowest BCUT2D eigenvalue weighted by molar-refractivity contribution is -0.122. The minimum Gasteiger partial charge on any atom is -0.478 e. The third kappa shape index (κ3) is 5.49. The van der Waals surface area contributed by atoms with Gasteiger partial charge in [0.25, 0.3) is 5.91 Å². The molecule has 0 atom stereocenters. The number of amidine groups is 1. The Morgan fingerprint density at radius 1 is 1.05 bits per heavy atom. The number of aromatic carboxylic acids is 1. The fraction of sp³-hybridized carbons (Fsp3) is 0.310. The van der Waals surface area contributed by atoms with Crippen LogP contribution in [0.2, 0.25) is 0 Å². The van der Waals surface area contributed by atoms with E-state index in [-0.39, 0.29) is 23.8 Å². The van der Waals surface area contributed by atoms with Gasteiger partial charge in [0.15, 0.2) is 11.0 Å². The van der Waals surface area contributed by atoms with Crippen LogP contribution in [0, 0.1) is 0 Å². The number of aliphatic imine (C=N–C) groups is 1. The molecule has 2 aromatic rings. The first-order valence-corrected chi connectivity index (χ1v) is 14.6. The van der Waals surface area contributed by atoms with Crippen molar-refractivity contribution in [2.24, 2.45) is 4.99 Å². The molecule has 1 amide bonds. The van der Waals surface area contributed by atoms with E-state index in [1.165, 1.54) is 29.3 Å². The van der Waals surface area contributed by atoms with E-state index < -0.39 is 5.97 Å².